The Morgan fingerprint density at radius 2 is 1.81 bits per heavy atom. The lowest BCUT2D eigenvalue weighted by atomic mass is 9.82. The van der Waals surface area contributed by atoms with Crippen LogP contribution in [0.25, 0.3) is 0 Å². The molecule has 4 rings (SSSR count). The molecule has 1 aromatic heterocycles. The fourth-order valence-corrected chi connectivity index (χ4v) is 6.85. The third-order valence-corrected chi connectivity index (χ3v) is 9.96. The molecule has 2 saturated carbocycles. The molecular weight excluding hydrogens is 676 g/mol. The molecule has 0 aromatic carbocycles. The van der Waals surface area contributed by atoms with Crippen molar-refractivity contribution in [2.24, 2.45) is 11.3 Å². The standard InChI is InChI=1S/C39H56N8O6/c1-6-11-30(33(48)37(51)44-27-15-16-27)45-35(49)31-20-29(53-19-10-12-25(2)21-40)24-47(31)38(52)34(39(3,4)5)46-36(50)32(26-13-8-7-9-14-26)43-23-28-22-41-17-18-42-28/h10,12,17-19,21-22,26-27,29-32,34,40,43H,2,6-9,11,13-16,20,23-24H2,1,3-5H3,(H2-,44,45,46,49,50,51)/p+1/t29?,30-,31-,32+,34+/m1/s1. The van der Waals surface area contributed by atoms with Crippen LogP contribution in [0.3, 0.4) is 0 Å². The molecule has 0 spiro atoms. The highest BCUT2D eigenvalue weighted by molar-refractivity contribution is 6.38. The summed E-state index contributed by atoms with van der Waals surface area (Å²) in [6, 6.07) is -3.70. The first-order chi connectivity index (χ1) is 25.3. The van der Waals surface area contributed by atoms with Crippen molar-refractivity contribution in [2.75, 3.05) is 6.54 Å². The third-order valence-electron chi connectivity index (χ3n) is 9.96. The maximum Gasteiger partial charge on any atom is 0.309 e. The molecule has 3 fully saturated rings. The first-order valence-electron chi connectivity index (χ1n) is 18.9. The number of amides is 4. The molecule has 1 saturated heterocycles. The molecule has 0 radical (unpaired) electrons. The first kappa shape index (κ1) is 41.2. The van der Waals surface area contributed by atoms with E-state index in [9.17, 15) is 24.0 Å². The number of ketones is 1. The van der Waals surface area contributed by atoms with Crippen molar-refractivity contribution in [2.45, 2.75) is 135 Å². The second-order valence-electron chi connectivity index (χ2n) is 15.4. The Morgan fingerprint density at radius 1 is 1.08 bits per heavy atom. The summed E-state index contributed by atoms with van der Waals surface area (Å²) >= 11 is 0. The average molecular weight is 734 g/mol. The largest absolute Gasteiger partial charge is 0.347 e. The van der Waals surface area contributed by atoms with Gasteiger partial charge < -0.3 is 26.3 Å². The molecule has 2 heterocycles. The van der Waals surface area contributed by atoms with Crippen molar-refractivity contribution in [3.05, 3.63) is 48.6 Å². The van der Waals surface area contributed by atoms with Gasteiger partial charge in [0.2, 0.25) is 23.5 Å². The van der Waals surface area contributed by atoms with Gasteiger partial charge in [-0.25, -0.2) is 0 Å². The van der Waals surface area contributed by atoms with Gasteiger partial charge in [-0.15, -0.1) is 0 Å². The molecule has 14 heteroatoms. The van der Waals surface area contributed by atoms with Crippen LogP contribution in [0.15, 0.2) is 42.9 Å². The van der Waals surface area contributed by atoms with E-state index in [4.69, 9.17) is 9.83 Å². The Hall–Kier alpha value is -4.59. The number of carbonyl (C=O) groups is 5. The summed E-state index contributed by atoms with van der Waals surface area (Å²) < 4.78 is 5.94. The number of carbonyl (C=O) groups excluding carboxylic acids is 6. The van der Waals surface area contributed by atoms with Gasteiger partial charge in [-0.1, -0.05) is 60.0 Å². The number of allylic oxidation sites excluding steroid dienone is 3. The van der Waals surface area contributed by atoms with Gasteiger partial charge in [0.15, 0.2) is 0 Å². The number of Topliss-reactive ketones (excluding diaryl/α,β-unsaturated/α-hetero) is 1. The van der Waals surface area contributed by atoms with Crippen LogP contribution in [-0.2, 0) is 34.9 Å². The minimum absolute atomic E-state index is 0.0174. The van der Waals surface area contributed by atoms with Gasteiger partial charge in [0.1, 0.15) is 18.6 Å². The van der Waals surface area contributed by atoms with E-state index in [0.29, 0.717) is 24.2 Å². The van der Waals surface area contributed by atoms with Gasteiger partial charge in [0.05, 0.1) is 24.2 Å². The van der Waals surface area contributed by atoms with Crippen LogP contribution in [0, 0.1) is 16.7 Å². The average Bonchev–Trinajstić information content (AvgIpc) is 3.86. The van der Waals surface area contributed by atoms with E-state index in [2.05, 4.69) is 37.8 Å². The van der Waals surface area contributed by atoms with Crippen LogP contribution in [0.4, 0.5) is 0 Å². The van der Waals surface area contributed by atoms with Gasteiger partial charge in [0.25, 0.3) is 12.0 Å². The summed E-state index contributed by atoms with van der Waals surface area (Å²) in [5.41, 5.74) is 0.405. The zero-order valence-corrected chi connectivity index (χ0v) is 31.6. The second kappa shape index (κ2) is 19.5. The monoisotopic (exact) mass is 733 g/mol. The summed E-state index contributed by atoms with van der Waals surface area (Å²) in [7, 11) is 0. The lowest BCUT2D eigenvalue weighted by Crippen LogP contribution is -2.61. The van der Waals surface area contributed by atoms with Gasteiger partial charge in [-0.2, -0.15) is 0 Å². The summed E-state index contributed by atoms with van der Waals surface area (Å²) in [6.45, 7) is 11.5. The minimum atomic E-state index is -1.06. The number of hydrogen-bond acceptors (Lipinski definition) is 9. The number of nitrogens with one attached hydrogen (secondary N) is 5. The van der Waals surface area contributed by atoms with E-state index in [1.54, 1.807) is 30.7 Å². The fourth-order valence-electron chi connectivity index (χ4n) is 6.85. The van der Waals surface area contributed by atoms with E-state index in [-0.39, 0.29) is 37.3 Å². The van der Waals surface area contributed by atoms with Gasteiger partial charge >= 0.3 is 6.29 Å². The predicted octanol–water partition coefficient (Wildman–Crippen LogP) is 2.64. The SMILES string of the molecule is C=C(C=N)C=CC=[O+]C1C[C@H](C(=O)N[C@H](CCC)C(=O)C(=O)NC2CC2)N(C(=O)[C@H](NC(=O)[C@@H](NCc2cnccn2)C2CCCCC2)C(C)(C)C)C1. The zero-order valence-electron chi connectivity index (χ0n) is 31.6. The Morgan fingerprint density at radius 3 is 2.43 bits per heavy atom. The number of hydrogen-bond donors (Lipinski definition) is 5. The number of aldehydes is 1. The van der Waals surface area contributed by atoms with E-state index in [1.165, 1.54) is 11.2 Å². The highest BCUT2D eigenvalue weighted by Gasteiger charge is 2.49. The van der Waals surface area contributed by atoms with E-state index in [0.717, 1.165) is 51.2 Å². The molecule has 0 bridgehead atoms. The molecule has 5 atom stereocenters. The van der Waals surface area contributed by atoms with Crippen LogP contribution in [0.5, 0.6) is 0 Å². The smallest absolute Gasteiger partial charge is 0.309 e. The maximum atomic E-state index is 14.7. The Bertz CT molecular complexity index is 1530. The molecule has 3 aliphatic rings. The molecule has 4 amide bonds. The quantitative estimate of drug-likeness (QED) is 0.0379. The summed E-state index contributed by atoms with van der Waals surface area (Å²) in [4.78, 5) is 78.6. The molecule has 2 aliphatic carbocycles. The van der Waals surface area contributed by atoms with Gasteiger partial charge in [-0.05, 0) is 55.1 Å². The minimum Gasteiger partial charge on any atom is -0.347 e. The topological polar surface area (TPSA) is 198 Å². The van der Waals surface area contributed by atoms with Crippen molar-refractivity contribution in [3.63, 3.8) is 0 Å². The van der Waals surface area contributed by atoms with Crippen molar-refractivity contribution < 1.29 is 28.4 Å². The van der Waals surface area contributed by atoms with Crippen molar-refractivity contribution in [1.82, 2.24) is 36.1 Å². The maximum absolute atomic E-state index is 14.7. The molecule has 1 aromatic rings. The lowest BCUT2D eigenvalue weighted by molar-refractivity contribution is -0.492. The normalized spacial score (nSPS) is 21.2. The molecule has 288 valence electrons. The molecular formula is C39H57N8O6+. The number of likely N-dealkylation sites (tertiary alicyclic amines) is 1. The molecule has 14 nitrogen and oxygen atoms in total. The summed E-state index contributed by atoms with van der Waals surface area (Å²) in [5, 5.41) is 19.3. The number of rotatable bonds is 18. The van der Waals surface area contributed by atoms with Crippen LogP contribution in [0.2, 0.25) is 0 Å². The highest BCUT2D eigenvalue weighted by Crippen LogP contribution is 2.30. The second-order valence-corrected chi connectivity index (χ2v) is 15.4. The number of aromatic nitrogens is 2. The lowest BCUT2D eigenvalue weighted by Gasteiger charge is -2.37. The Labute approximate surface area is 312 Å². The number of nitrogens with zero attached hydrogens (tertiary/aromatic N) is 3. The Balaban J connectivity index is 1.58. The van der Waals surface area contributed by atoms with E-state index < -0.39 is 59.2 Å². The van der Waals surface area contributed by atoms with Crippen molar-refractivity contribution in [3.8, 4) is 0 Å². The van der Waals surface area contributed by atoms with Crippen LogP contribution in [0.1, 0.15) is 97.6 Å². The third kappa shape index (κ3) is 12.2. The zero-order chi connectivity index (χ0) is 38.5. The van der Waals surface area contributed by atoms with E-state index in [1.807, 2.05) is 27.7 Å². The summed E-state index contributed by atoms with van der Waals surface area (Å²) in [5.74, 6) is -2.71. The molecule has 5 N–H and O–H groups in total. The highest BCUT2D eigenvalue weighted by atomic mass is 16.4. The van der Waals surface area contributed by atoms with Gasteiger partial charge in [0, 0.05) is 43.5 Å². The van der Waals surface area contributed by atoms with Crippen molar-refractivity contribution >= 4 is 41.9 Å². The fraction of sp³-hybridized carbons (Fsp3) is 0.615. The van der Waals surface area contributed by atoms with Crippen LogP contribution in [-0.4, -0.2) is 99.6 Å². The molecule has 1 unspecified atom stereocenters. The Kier molecular flexibility index (Phi) is 15.1. The van der Waals surface area contributed by atoms with Gasteiger partial charge in [-0.3, -0.25) is 43.7 Å². The molecule has 1 aliphatic heterocycles. The van der Waals surface area contributed by atoms with E-state index >= 15 is 0 Å². The summed E-state index contributed by atoms with van der Waals surface area (Å²) in [6.07, 6.45) is 17.4. The van der Waals surface area contributed by atoms with Crippen LogP contribution >= 0.6 is 0 Å². The first-order valence-corrected chi connectivity index (χ1v) is 18.9. The molecule has 53 heavy (non-hydrogen) atoms. The predicted molar refractivity (Wildman–Crippen MR) is 201 cm³/mol. The van der Waals surface area contributed by atoms with Crippen LogP contribution < -0.4 is 21.3 Å². The van der Waals surface area contributed by atoms with Crippen molar-refractivity contribution in [1.29, 1.82) is 5.41 Å².